The van der Waals surface area contributed by atoms with Gasteiger partial charge in [-0.1, -0.05) is 6.07 Å². The second kappa shape index (κ2) is 8.30. The second-order valence-electron chi connectivity index (χ2n) is 6.10. The first-order chi connectivity index (χ1) is 11.7. The fourth-order valence-electron chi connectivity index (χ4n) is 2.94. The summed E-state index contributed by atoms with van der Waals surface area (Å²) < 4.78 is 1.97. The minimum atomic E-state index is 0.837. The van der Waals surface area contributed by atoms with E-state index in [2.05, 4.69) is 55.8 Å². The minimum absolute atomic E-state index is 0.837. The van der Waals surface area contributed by atoms with Crippen molar-refractivity contribution in [2.45, 2.75) is 20.0 Å². The molecule has 0 spiro atoms. The molecule has 0 amide bonds. The van der Waals surface area contributed by atoms with Gasteiger partial charge in [-0.3, -0.25) is 14.6 Å². The molecule has 2 aromatic rings. The first kappa shape index (κ1) is 17.0. The highest BCUT2D eigenvalue weighted by Crippen LogP contribution is 2.13. The number of hydrogen-bond acceptors (Lipinski definition) is 4. The summed E-state index contributed by atoms with van der Waals surface area (Å²) in [6.45, 7) is 9.02. The quantitative estimate of drug-likeness (QED) is 0.661. The van der Waals surface area contributed by atoms with E-state index in [0.717, 1.165) is 51.8 Å². The van der Waals surface area contributed by atoms with Crippen LogP contribution >= 0.6 is 11.3 Å². The van der Waals surface area contributed by atoms with E-state index in [4.69, 9.17) is 0 Å². The molecule has 0 aromatic carbocycles. The Balaban J connectivity index is 1.42. The fourth-order valence-corrected chi connectivity index (χ4v) is 3.69. The van der Waals surface area contributed by atoms with Gasteiger partial charge in [-0.15, -0.1) is 11.3 Å². The fraction of sp³-hybridized carbons (Fsp3) is 0.529. The molecular weight excluding hydrogens is 320 g/mol. The predicted molar refractivity (Wildman–Crippen MR) is 99.5 cm³/mol. The number of aryl methyl sites for hydroxylation is 1. The molecule has 24 heavy (non-hydrogen) atoms. The van der Waals surface area contributed by atoms with Crippen LogP contribution in [0, 0.1) is 6.92 Å². The van der Waals surface area contributed by atoms with Gasteiger partial charge in [0.25, 0.3) is 0 Å². The van der Waals surface area contributed by atoms with Crippen LogP contribution in [0.5, 0.6) is 0 Å². The van der Waals surface area contributed by atoms with E-state index >= 15 is 0 Å². The topological polar surface area (TPSA) is 48.7 Å². The molecule has 0 bridgehead atoms. The highest BCUT2D eigenvalue weighted by Gasteiger charge is 2.19. The van der Waals surface area contributed by atoms with Gasteiger partial charge >= 0.3 is 0 Å². The summed E-state index contributed by atoms with van der Waals surface area (Å²) in [6, 6.07) is 4.34. The maximum absolute atomic E-state index is 4.43. The van der Waals surface area contributed by atoms with Crippen LogP contribution < -0.4 is 5.32 Å². The number of aromatic nitrogens is 2. The molecule has 130 valence electrons. The summed E-state index contributed by atoms with van der Waals surface area (Å²) in [7, 11) is 1.86. The maximum atomic E-state index is 4.43. The Labute approximate surface area is 147 Å². The normalized spacial score (nSPS) is 16.6. The number of rotatable bonds is 5. The molecule has 1 aliphatic heterocycles. The number of aliphatic imine (C=N–C) groups is 1. The smallest absolute Gasteiger partial charge is 0.193 e. The van der Waals surface area contributed by atoms with E-state index in [1.165, 1.54) is 10.4 Å². The molecule has 0 radical (unpaired) electrons. The van der Waals surface area contributed by atoms with Crippen molar-refractivity contribution in [3.05, 3.63) is 40.3 Å². The van der Waals surface area contributed by atoms with Crippen LogP contribution in [0.2, 0.25) is 0 Å². The second-order valence-corrected chi connectivity index (χ2v) is 7.13. The molecule has 1 N–H and O–H groups in total. The number of hydrogen-bond donors (Lipinski definition) is 1. The molecular formula is C17H26N6S. The van der Waals surface area contributed by atoms with Gasteiger partial charge < -0.3 is 10.2 Å². The summed E-state index contributed by atoms with van der Waals surface area (Å²) in [4.78, 5) is 10.7. The van der Waals surface area contributed by atoms with E-state index in [9.17, 15) is 0 Å². The lowest BCUT2D eigenvalue weighted by Crippen LogP contribution is -2.52. The van der Waals surface area contributed by atoms with Crippen molar-refractivity contribution < 1.29 is 0 Å². The average molecular weight is 347 g/mol. The third-order valence-electron chi connectivity index (χ3n) is 4.23. The molecule has 6 nitrogen and oxygen atoms in total. The molecule has 0 aliphatic carbocycles. The summed E-state index contributed by atoms with van der Waals surface area (Å²) >= 11 is 1.84. The van der Waals surface area contributed by atoms with E-state index in [-0.39, 0.29) is 0 Å². The van der Waals surface area contributed by atoms with Crippen molar-refractivity contribution in [1.29, 1.82) is 0 Å². The van der Waals surface area contributed by atoms with E-state index in [1.807, 2.05) is 29.3 Å². The first-order valence-electron chi connectivity index (χ1n) is 8.44. The van der Waals surface area contributed by atoms with Crippen molar-refractivity contribution in [2.24, 2.45) is 4.99 Å². The van der Waals surface area contributed by atoms with Gasteiger partial charge in [0.2, 0.25) is 0 Å². The Morgan fingerprint density at radius 1 is 1.33 bits per heavy atom. The molecule has 1 aliphatic rings. The highest BCUT2D eigenvalue weighted by molar-refractivity contribution is 7.09. The molecule has 7 heteroatoms. The summed E-state index contributed by atoms with van der Waals surface area (Å²) in [5.74, 6) is 0.995. The van der Waals surface area contributed by atoms with Gasteiger partial charge in [-0.05, 0) is 23.9 Å². The van der Waals surface area contributed by atoms with Crippen LogP contribution in [-0.4, -0.2) is 65.3 Å². The van der Waals surface area contributed by atoms with Crippen LogP contribution in [-0.2, 0) is 13.1 Å². The van der Waals surface area contributed by atoms with Gasteiger partial charge in [0, 0.05) is 57.4 Å². The van der Waals surface area contributed by atoms with Crippen LogP contribution in [0.1, 0.15) is 10.4 Å². The van der Waals surface area contributed by atoms with Crippen molar-refractivity contribution in [3.8, 4) is 0 Å². The third kappa shape index (κ3) is 4.58. The van der Waals surface area contributed by atoms with Crippen molar-refractivity contribution >= 4 is 17.3 Å². The van der Waals surface area contributed by atoms with Crippen LogP contribution in [0.4, 0.5) is 0 Å². The van der Waals surface area contributed by atoms with Crippen molar-refractivity contribution in [2.75, 3.05) is 39.8 Å². The van der Waals surface area contributed by atoms with Crippen molar-refractivity contribution in [1.82, 2.24) is 24.9 Å². The largest absolute Gasteiger partial charge is 0.354 e. The number of nitrogens with one attached hydrogen (secondary N) is 1. The number of thiophene rings is 1. The first-order valence-corrected chi connectivity index (χ1v) is 9.32. The minimum Gasteiger partial charge on any atom is -0.354 e. The molecule has 3 heterocycles. The number of piperazine rings is 1. The zero-order valence-electron chi connectivity index (χ0n) is 14.5. The molecule has 0 atom stereocenters. The number of guanidine groups is 1. The molecule has 3 rings (SSSR count). The number of nitrogens with zero attached hydrogens (tertiary/aromatic N) is 5. The van der Waals surface area contributed by atoms with Gasteiger partial charge in [-0.2, -0.15) is 5.10 Å². The molecule has 2 aromatic heterocycles. The summed E-state index contributed by atoms with van der Waals surface area (Å²) in [6.07, 6.45) is 3.95. The SMILES string of the molecule is CN=C(NCCn1cc(C)cn1)N1CCN(Cc2cccs2)CC1. The maximum Gasteiger partial charge on any atom is 0.193 e. The van der Waals surface area contributed by atoms with Crippen LogP contribution in [0.3, 0.4) is 0 Å². The lowest BCUT2D eigenvalue weighted by atomic mass is 10.3. The van der Waals surface area contributed by atoms with E-state index in [1.54, 1.807) is 0 Å². The van der Waals surface area contributed by atoms with E-state index < -0.39 is 0 Å². The predicted octanol–water partition coefficient (Wildman–Crippen LogP) is 1.65. The lowest BCUT2D eigenvalue weighted by molar-refractivity contribution is 0.173. The Kier molecular flexibility index (Phi) is 5.87. The van der Waals surface area contributed by atoms with Gasteiger partial charge in [0.05, 0.1) is 12.7 Å². The van der Waals surface area contributed by atoms with Crippen LogP contribution in [0.15, 0.2) is 34.9 Å². The standard InChI is InChI=1S/C17H26N6S/c1-15-12-20-23(13-15)6-5-19-17(18-2)22-9-7-21(8-10-22)14-16-4-3-11-24-16/h3-4,11-13H,5-10,14H2,1-2H3,(H,18,19). The summed E-state index contributed by atoms with van der Waals surface area (Å²) in [5, 5.41) is 9.92. The zero-order chi connectivity index (χ0) is 16.8. The Bertz CT molecular complexity index is 640. The van der Waals surface area contributed by atoms with Crippen molar-refractivity contribution in [3.63, 3.8) is 0 Å². The molecule has 1 saturated heterocycles. The third-order valence-corrected chi connectivity index (χ3v) is 5.09. The van der Waals surface area contributed by atoms with Gasteiger partial charge in [0.15, 0.2) is 5.96 Å². The van der Waals surface area contributed by atoms with Gasteiger partial charge in [0.1, 0.15) is 0 Å². The summed E-state index contributed by atoms with van der Waals surface area (Å²) in [5.41, 5.74) is 1.20. The average Bonchev–Trinajstić information content (AvgIpc) is 3.24. The van der Waals surface area contributed by atoms with Gasteiger partial charge in [-0.25, -0.2) is 0 Å². The Morgan fingerprint density at radius 2 is 2.17 bits per heavy atom. The Morgan fingerprint density at radius 3 is 2.79 bits per heavy atom. The lowest BCUT2D eigenvalue weighted by Gasteiger charge is -2.36. The monoisotopic (exact) mass is 346 g/mol. The molecule has 0 unspecified atom stereocenters. The molecule has 1 fully saturated rings. The van der Waals surface area contributed by atoms with Crippen LogP contribution in [0.25, 0.3) is 0 Å². The zero-order valence-corrected chi connectivity index (χ0v) is 15.3. The molecule has 0 saturated carbocycles. The highest BCUT2D eigenvalue weighted by atomic mass is 32.1. The Hall–Kier alpha value is -1.86. The van der Waals surface area contributed by atoms with E-state index in [0.29, 0.717) is 0 Å².